The average molecular weight is 261 g/mol. The lowest BCUT2D eigenvalue weighted by atomic mass is 10.0. The summed E-state index contributed by atoms with van der Waals surface area (Å²) in [5.41, 5.74) is 7.83. The number of nitriles is 1. The zero-order valence-corrected chi connectivity index (χ0v) is 11.7. The van der Waals surface area contributed by atoms with Gasteiger partial charge < -0.3 is 10.6 Å². The largest absolute Gasteiger partial charge is 0.370 e. The quantitative estimate of drug-likeness (QED) is 0.849. The molecule has 96 valence electrons. The van der Waals surface area contributed by atoms with Crippen molar-refractivity contribution in [3.05, 3.63) is 23.8 Å². The molecule has 1 aromatic rings. The molecule has 2 atom stereocenters. The monoisotopic (exact) mass is 261 g/mol. The van der Waals surface area contributed by atoms with Crippen molar-refractivity contribution in [1.82, 2.24) is 0 Å². The third-order valence-corrected chi connectivity index (χ3v) is 4.42. The van der Waals surface area contributed by atoms with Crippen LogP contribution in [0.25, 0.3) is 0 Å². The molecule has 0 saturated carbocycles. The summed E-state index contributed by atoms with van der Waals surface area (Å²) >= 11 is 1.63. The smallest absolute Gasteiger partial charge is 0.103 e. The molecule has 1 fully saturated rings. The van der Waals surface area contributed by atoms with Crippen molar-refractivity contribution in [2.75, 3.05) is 24.2 Å². The van der Waals surface area contributed by atoms with Gasteiger partial charge in [-0.3, -0.25) is 0 Å². The van der Waals surface area contributed by atoms with Crippen LogP contribution in [0.15, 0.2) is 23.1 Å². The summed E-state index contributed by atoms with van der Waals surface area (Å²) in [6, 6.07) is 8.65. The second kappa shape index (κ2) is 5.64. The van der Waals surface area contributed by atoms with Gasteiger partial charge in [0.2, 0.25) is 0 Å². The highest BCUT2D eigenvalue weighted by molar-refractivity contribution is 7.98. The van der Waals surface area contributed by atoms with E-state index in [2.05, 4.69) is 17.9 Å². The van der Waals surface area contributed by atoms with Gasteiger partial charge in [-0.2, -0.15) is 5.26 Å². The average Bonchev–Trinajstić information content (AvgIpc) is 2.87. The van der Waals surface area contributed by atoms with Crippen molar-refractivity contribution in [3.8, 4) is 6.07 Å². The Morgan fingerprint density at radius 2 is 2.33 bits per heavy atom. The molecule has 3 nitrogen and oxygen atoms in total. The van der Waals surface area contributed by atoms with Crippen molar-refractivity contribution >= 4 is 17.4 Å². The maximum absolute atomic E-state index is 9.35. The summed E-state index contributed by atoms with van der Waals surface area (Å²) in [4.78, 5) is 3.35. The third-order valence-electron chi connectivity index (χ3n) is 3.64. The SMILES string of the molecule is CSc1cccc(N2CCC(C(C)N)C2)c1C#N. The third kappa shape index (κ3) is 2.47. The van der Waals surface area contributed by atoms with Crippen LogP contribution in [0, 0.1) is 17.2 Å². The van der Waals surface area contributed by atoms with E-state index in [-0.39, 0.29) is 6.04 Å². The molecular weight excluding hydrogens is 242 g/mol. The van der Waals surface area contributed by atoms with E-state index in [0.717, 1.165) is 35.7 Å². The maximum atomic E-state index is 9.35. The van der Waals surface area contributed by atoms with Crippen LogP contribution in [0.4, 0.5) is 5.69 Å². The molecule has 2 unspecified atom stereocenters. The lowest BCUT2D eigenvalue weighted by Gasteiger charge is -2.22. The lowest BCUT2D eigenvalue weighted by Crippen LogP contribution is -2.30. The molecule has 1 aromatic carbocycles. The summed E-state index contributed by atoms with van der Waals surface area (Å²) in [7, 11) is 0. The van der Waals surface area contributed by atoms with Gasteiger partial charge in [-0.05, 0) is 37.7 Å². The second-order valence-corrected chi connectivity index (χ2v) is 5.67. The number of benzene rings is 1. The predicted molar refractivity (Wildman–Crippen MR) is 76.9 cm³/mol. The number of nitrogens with two attached hydrogens (primary N) is 1. The highest BCUT2D eigenvalue weighted by Crippen LogP contribution is 2.32. The molecule has 2 N–H and O–H groups in total. The Labute approximate surface area is 113 Å². The van der Waals surface area contributed by atoms with E-state index < -0.39 is 0 Å². The normalized spacial score (nSPS) is 20.8. The van der Waals surface area contributed by atoms with Gasteiger partial charge in [0.25, 0.3) is 0 Å². The molecule has 0 amide bonds. The van der Waals surface area contributed by atoms with E-state index in [0.29, 0.717) is 5.92 Å². The van der Waals surface area contributed by atoms with Gasteiger partial charge in [-0.1, -0.05) is 6.07 Å². The van der Waals surface area contributed by atoms with E-state index in [4.69, 9.17) is 5.73 Å². The van der Waals surface area contributed by atoms with Crippen LogP contribution in [0.2, 0.25) is 0 Å². The molecule has 0 radical (unpaired) electrons. The van der Waals surface area contributed by atoms with Gasteiger partial charge in [0, 0.05) is 24.0 Å². The number of thioether (sulfide) groups is 1. The van der Waals surface area contributed by atoms with E-state index in [9.17, 15) is 5.26 Å². The number of nitrogens with zero attached hydrogens (tertiary/aromatic N) is 2. The standard InChI is InChI=1S/C14H19N3S/c1-10(16)11-6-7-17(9-11)13-4-3-5-14(18-2)12(13)8-15/h3-5,10-11H,6-7,9,16H2,1-2H3. The molecule has 0 spiro atoms. The Hall–Kier alpha value is -1.18. The predicted octanol–water partition coefficient (Wildman–Crippen LogP) is 2.45. The number of rotatable bonds is 3. The molecule has 2 rings (SSSR count). The Bertz CT molecular complexity index is 465. The minimum atomic E-state index is 0.226. The second-order valence-electron chi connectivity index (χ2n) is 4.82. The lowest BCUT2D eigenvalue weighted by molar-refractivity contribution is 0.488. The molecule has 4 heteroatoms. The van der Waals surface area contributed by atoms with Gasteiger partial charge in [-0.15, -0.1) is 11.8 Å². The molecule has 0 aromatic heterocycles. The molecular formula is C14H19N3S. The molecule has 18 heavy (non-hydrogen) atoms. The van der Waals surface area contributed by atoms with Crippen LogP contribution in [0.5, 0.6) is 0 Å². The first kappa shape index (κ1) is 13.3. The van der Waals surface area contributed by atoms with E-state index in [1.165, 1.54) is 0 Å². The van der Waals surface area contributed by atoms with Crippen molar-refractivity contribution in [2.45, 2.75) is 24.3 Å². The molecule has 0 aliphatic carbocycles. The molecule has 1 heterocycles. The van der Waals surface area contributed by atoms with Crippen LogP contribution >= 0.6 is 11.8 Å². The zero-order chi connectivity index (χ0) is 13.1. The maximum Gasteiger partial charge on any atom is 0.103 e. The van der Waals surface area contributed by atoms with Crippen LogP contribution in [0.3, 0.4) is 0 Å². The van der Waals surface area contributed by atoms with Gasteiger partial charge in [0.05, 0.1) is 11.3 Å². The number of hydrogen-bond donors (Lipinski definition) is 1. The van der Waals surface area contributed by atoms with Crippen molar-refractivity contribution in [1.29, 1.82) is 5.26 Å². The molecule has 1 saturated heterocycles. The van der Waals surface area contributed by atoms with Crippen LogP contribution in [-0.2, 0) is 0 Å². The molecule has 0 bridgehead atoms. The highest BCUT2D eigenvalue weighted by atomic mass is 32.2. The van der Waals surface area contributed by atoms with Gasteiger partial charge in [-0.25, -0.2) is 0 Å². The summed E-state index contributed by atoms with van der Waals surface area (Å²) < 4.78 is 0. The number of hydrogen-bond acceptors (Lipinski definition) is 4. The molecule has 1 aliphatic heterocycles. The Morgan fingerprint density at radius 3 is 2.89 bits per heavy atom. The van der Waals surface area contributed by atoms with Gasteiger partial charge in [0.1, 0.15) is 6.07 Å². The highest BCUT2D eigenvalue weighted by Gasteiger charge is 2.27. The minimum Gasteiger partial charge on any atom is -0.370 e. The Kier molecular flexibility index (Phi) is 4.15. The topological polar surface area (TPSA) is 53.0 Å². The van der Waals surface area contributed by atoms with Crippen molar-refractivity contribution in [2.24, 2.45) is 11.7 Å². The zero-order valence-electron chi connectivity index (χ0n) is 10.9. The summed E-state index contributed by atoms with van der Waals surface area (Å²) in [6.45, 7) is 4.03. The fourth-order valence-electron chi connectivity index (χ4n) is 2.50. The van der Waals surface area contributed by atoms with Crippen molar-refractivity contribution < 1.29 is 0 Å². The van der Waals surface area contributed by atoms with Crippen LogP contribution in [-0.4, -0.2) is 25.4 Å². The van der Waals surface area contributed by atoms with Crippen molar-refractivity contribution in [3.63, 3.8) is 0 Å². The first-order chi connectivity index (χ1) is 8.67. The first-order valence-corrected chi connectivity index (χ1v) is 7.47. The van der Waals surface area contributed by atoms with Gasteiger partial charge >= 0.3 is 0 Å². The van der Waals surface area contributed by atoms with E-state index >= 15 is 0 Å². The number of anilines is 1. The minimum absolute atomic E-state index is 0.226. The first-order valence-electron chi connectivity index (χ1n) is 6.25. The summed E-state index contributed by atoms with van der Waals surface area (Å²) in [5.74, 6) is 0.537. The Morgan fingerprint density at radius 1 is 1.56 bits per heavy atom. The molecule has 1 aliphatic rings. The van der Waals surface area contributed by atoms with Gasteiger partial charge in [0.15, 0.2) is 0 Å². The fraction of sp³-hybridized carbons (Fsp3) is 0.500. The fourth-order valence-corrected chi connectivity index (χ4v) is 3.07. The summed E-state index contributed by atoms with van der Waals surface area (Å²) in [5, 5.41) is 9.35. The summed E-state index contributed by atoms with van der Waals surface area (Å²) in [6.07, 6.45) is 3.13. The Balaban J connectivity index is 2.27. The van der Waals surface area contributed by atoms with E-state index in [1.54, 1.807) is 11.8 Å². The van der Waals surface area contributed by atoms with E-state index in [1.807, 2.05) is 24.5 Å². The van der Waals surface area contributed by atoms with Crippen LogP contribution < -0.4 is 10.6 Å². The van der Waals surface area contributed by atoms with Crippen LogP contribution in [0.1, 0.15) is 18.9 Å².